The van der Waals surface area contributed by atoms with E-state index in [-0.39, 0.29) is 12.4 Å². The van der Waals surface area contributed by atoms with E-state index in [2.05, 4.69) is 35.1 Å². The Hall–Kier alpha value is -1.45. The van der Waals surface area contributed by atoms with E-state index >= 15 is 0 Å². The minimum Gasteiger partial charge on any atom is -0.330 e. The Labute approximate surface area is 108 Å². The molecule has 0 radical (unpaired) electrons. The van der Waals surface area contributed by atoms with Gasteiger partial charge in [-0.05, 0) is 19.0 Å². The predicted octanol–water partition coefficient (Wildman–Crippen LogP) is 2.38. The minimum atomic E-state index is 0. The molecule has 1 aromatic heterocycles. The highest BCUT2D eigenvalue weighted by Crippen LogP contribution is 2.18. The van der Waals surface area contributed by atoms with Gasteiger partial charge in [0.1, 0.15) is 5.82 Å². The molecule has 0 aliphatic heterocycles. The number of aromatic nitrogens is 2. The molecule has 0 unspecified atom stereocenters. The zero-order chi connectivity index (χ0) is 11.4. The fourth-order valence-electron chi connectivity index (χ4n) is 1.59. The summed E-state index contributed by atoms with van der Waals surface area (Å²) in [6, 6.07) is 8.31. The Bertz CT molecular complexity index is 468. The lowest BCUT2D eigenvalue weighted by atomic mass is 10.1. The van der Waals surface area contributed by atoms with Crippen LogP contribution in [0.4, 0.5) is 0 Å². The quantitative estimate of drug-likeness (QED) is 0.909. The minimum absolute atomic E-state index is 0. The normalized spacial score (nSPS) is 9.76. The summed E-state index contributed by atoms with van der Waals surface area (Å²) in [5.41, 5.74) is 8.89. The first-order valence-electron chi connectivity index (χ1n) is 5.37. The van der Waals surface area contributed by atoms with E-state index in [1.54, 1.807) is 0 Å². The van der Waals surface area contributed by atoms with Crippen LogP contribution in [-0.2, 0) is 6.42 Å². The van der Waals surface area contributed by atoms with E-state index in [1.807, 2.05) is 18.5 Å². The second-order valence-corrected chi connectivity index (χ2v) is 3.80. The number of aryl methyl sites for hydroxylation is 1. The summed E-state index contributed by atoms with van der Waals surface area (Å²) >= 11 is 0. The molecular formula is C13H16ClN3. The van der Waals surface area contributed by atoms with Crippen LogP contribution >= 0.6 is 12.4 Å². The van der Waals surface area contributed by atoms with E-state index in [0.717, 1.165) is 23.4 Å². The van der Waals surface area contributed by atoms with Crippen molar-refractivity contribution in [3.05, 3.63) is 48.0 Å². The van der Waals surface area contributed by atoms with Crippen LogP contribution in [0.3, 0.4) is 0 Å². The molecule has 1 heterocycles. The Kier molecular flexibility index (Phi) is 5.07. The third-order valence-corrected chi connectivity index (χ3v) is 2.42. The fourth-order valence-corrected chi connectivity index (χ4v) is 1.59. The van der Waals surface area contributed by atoms with Gasteiger partial charge in [0.05, 0.1) is 0 Å². The zero-order valence-corrected chi connectivity index (χ0v) is 10.6. The SMILES string of the molecule is Cc1cccc(-c2cnc(CCN)nc2)c1.Cl. The fraction of sp³-hybridized carbons (Fsp3) is 0.231. The molecule has 1 aromatic carbocycles. The first-order chi connectivity index (χ1) is 7.79. The number of nitrogens with zero attached hydrogens (tertiary/aromatic N) is 2. The van der Waals surface area contributed by atoms with Crippen LogP contribution in [0.1, 0.15) is 11.4 Å². The maximum absolute atomic E-state index is 5.45. The van der Waals surface area contributed by atoms with Gasteiger partial charge in [-0.3, -0.25) is 0 Å². The molecule has 0 spiro atoms. The molecule has 90 valence electrons. The number of nitrogens with two attached hydrogens (primary N) is 1. The summed E-state index contributed by atoms with van der Waals surface area (Å²) in [5, 5.41) is 0. The van der Waals surface area contributed by atoms with E-state index in [4.69, 9.17) is 5.73 Å². The van der Waals surface area contributed by atoms with Crippen molar-refractivity contribution in [3.63, 3.8) is 0 Å². The van der Waals surface area contributed by atoms with E-state index in [9.17, 15) is 0 Å². The second kappa shape index (κ2) is 6.33. The van der Waals surface area contributed by atoms with Crippen LogP contribution in [0.2, 0.25) is 0 Å². The Morgan fingerprint density at radius 1 is 1.12 bits per heavy atom. The summed E-state index contributed by atoms with van der Waals surface area (Å²) in [4.78, 5) is 8.57. The van der Waals surface area contributed by atoms with Crippen molar-refractivity contribution < 1.29 is 0 Å². The number of hydrogen-bond acceptors (Lipinski definition) is 3. The molecule has 0 aliphatic carbocycles. The van der Waals surface area contributed by atoms with Gasteiger partial charge in [0, 0.05) is 24.4 Å². The lowest BCUT2D eigenvalue weighted by molar-refractivity contribution is 0.868. The van der Waals surface area contributed by atoms with Crippen LogP contribution in [0.5, 0.6) is 0 Å². The molecule has 0 bridgehead atoms. The largest absolute Gasteiger partial charge is 0.330 e. The molecule has 3 nitrogen and oxygen atoms in total. The number of rotatable bonds is 3. The first kappa shape index (κ1) is 13.6. The molecule has 2 rings (SSSR count). The van der Waals surface area contributed by atoms with Crippen molar-refractivity contribution in [3.8, 4) is 11.1 Å². The smallest absolute Gasteiger partial charge is 0.129 e. The van der Waals surface area contributed by atoms with Crippen molar-refractivity contribution in [2.24, 2.45) is 5.73 Å². The van der Waals surface area contributed by atoms with Gasteiger partial charge in [-0.15, -0.1) is 12.4 Å². The molecule has 2 N–H and O–H groups in total. The van der Waals surface area contributed by atoms with Crippen molar-refractivity contribution in [2.45, 2.75) is 13.3 Å². The van der Waals surface area contributed by atoms with Gasteiger partial charge in [-0.25, -0.2) is 9.97 Å². The summed E-state index contributed by atoms with van der Waals surface area (Å²) in [7, 11) is 0. The van der Waals surface area contributed by atoms with Crippen LogP contribution in [0.15, 0.2) is 36.7 Å². The average molecular weight is 250 g/mol. The first-order valence-corrected chi connectivity index (χ1v) is 5.37. The maximum Gasteiger partial charge on any atom is 0.129 e. The Morgan fingerprint density at radius 3 is 2.41 bits per heavy atom. The van der Waals surface area contributed by atoms with Gasteiger partial charge >= 0.3 is 0 Å². The molecule has 2 aromatic rings. The molecule has 0 fully saturated rings. The molecule has 0 atom stereocenters. The highest BCUT2D eigenvalue weighted by Gasteiger charge is 2.00. The maximum atomic E-state index is 5.45. The number of benzene rings is 1. The highest BCUT2D eigenvalue weighted by atomic mass is 35.5. The van der Waals surface area contributed by atoms with Gasteiger partial charge in [-0.2, -0.15) is 0 Å². The molecular weight excluding hydrogens is 234 g/mol. The van der Waals surface area contributed by atoms with E-state index in [0.29, 0.717) is 6.54 Å². The topological polar surface area (TPSA) is 51.8 Å². The molecule has 0 amide bonds. The summed E-state index contributed by atoms with van der Waals surface area (Å²) in [5.74, 6) is 0.805. The van der Waals surface area contributed by atoms with Gasteiger partial charge in [0.2, 0.25) is 0 Å². The summed E-state index contributed by atoms with van der Waals surface area (Å²) in [6.45, 7) is 2.66. The highest BCUT2D eigenvalue weighted by molar-refractivity contribution is 5.85. The molecule has 0 saturated heterocycles. The van der Waals surface area contributed by atoms with Crippen LogP contribution in [-0.4, -0.2) is 16.5 Å². The summed E-state index contributed by atoms with van der Waals surface area (Å²) < 4.78 is 0. The number of halogens is 1. The second-order valence-electron chi connectivity index (χ2n) is 3.80. The molecule has 17 heavy (non-hydrogen) atoms. The van der Waals surface area contributed by atoms with Gasteiger partial charge in [-0.1, -0.05) is 29.8 Å². The van der Waals surface area contributed by atoms with E-state index < -0.39 is 0 Å². The number of hydrogen-bond donors (Lipinski definition) is 1. The van der Waals surface area contributed by atoms with Gasteiger partial charge in [0.15, 0.2) is 0 Å². The Morgan fingerprint density at radius 2 is 1.82 bits per heavy atom. The van der Waals surface area contributed by atoms with Crippen LogP contribution in [0.25, 0.3) is 11.1 Å². The van der Waals surface area contributed by atoms with Gasteiger partial charge < -0.3 is 5.73 Å². The molecule has 0 saturated carbocycles. The van der Waals surface area contributed by atoms with Crippen molar-refractivity contribution in [1.29, 1.82) is 0 Å². The molecule has 4 heteroatoms. The molecule has 0 aliphatic rings. The lowest BCUT2D eigenvalue weighted by Crippen LogP contribution is -2.06. The predicted molar refractivity (Wildman–Crippen MR) is 72.2 cm³/mol. The average Bonchev–Trinajstić information content (AvgIpc) is 2.30. The summed E-state index contributed by atoms with van der Waals surface area (Å²) in [6.07, 6.45) is 4.44. The monoisotopic (exact) mass is 249 g/mol. The van der Waals surface area contributed by atoms with Crippen molar-refractivity contribution in [1.82, 2.24) is 9.97 Å². The van der Waals surface area contributed by atoms with Crippen LogP contribution in [0, 0.1) is 6.92 Å². The third kappa shape index (κ3) is 3.51. The van der Waals surface area contributed by atoms with Crippen molar-refractivity contribution >= 4 is 12.4 Å². The van der Waals surface area contributed by atoms with Gasteiger partial charge in [0.25, 0.3) is 0 Å². The van der Waals surface area contributed by atoms with Crippen LogP contribution < -0.4 is 5.73 Å². The Balaban J connectivity index is 0.00000144. The van der Waals surface area contributed by atoms with Crippen molar-refractivity contribution in [2.75, 3.05) is 6.54 Å². The standard InChI is InChI=1S/C13H15N3.ClH/c1-10-3-2-4-11(7-10)12-8-15-13(5-6-14)16-9-12;/h2-4,7-9H,5-6,14H2,1H3;1H. The third-order valence-electron chi connectivity index (χ3n) is 2.42. The van der Waals surface area contributed by atoms with E-state index in [1.165, 1.54) is 5.56 Å². The lowest BCUT2D eigenvalue weighted by Gasteiger charge is -2.03. The zero-order valence-electron chi connectivity index (χ0n) is 9.76.